The SMILES string of the molecule is c1coc(-c2ccc3n[s+](-c4ccco4)nc3c2)c1. The maximum atomic E-state index is 5.39. The second-order valence-corrected chi connectivity index (χ2v) is 5.36. The Kier molecular flexibility index (Phi) is 2.25. The standard InChI is InChI=1S/C14H9N2O2S/c1-3-13(17-7-1)10-5-6-11-12(9-10)16-19(15-11)14-4-2-8-18-14/h1-9H/q+1. The lowest BCUT2D eigenvalue weighted by molar-refractivity contribution is 0.582. The summed E-state index contributed by atoms with van der Waals surface area (Å²) in [7, 11) is -0.558. The number of aromatic nitrogens is 2. The molecule has 0 amide bonds. The van der Waals surface area contributed by atoms with Gasteiger partial charge in [0.05, 0.1) is 12.5 Å². The van der Waals surface area contributed by atoms with Crippen LogP contribution in [0.2, 0.25) is 0 Å². The minimum Gasteiger partial charge on any atom is -0.464 e. The van der Waals surface area contributed by atoms with Gasteiger partial charge in [0.2, 0.25) is 0 Å². The average Bonchev–Trinajstić information content (AvgIpc) is 3.18. The minimum atomic E-state index is -0.558. The molecule has 4 aromatic rings. The van der Waals surface area contributed by atoms with E-state index in [9.17, 15) is 0 Å². The van der Waals surface area contributed by atoms with Gasteiger partial charge in [0.1, 0.15) is 5.76 Å². The third kappa shape index (κ3) is 1.75. The number of nitrogens with zero attached hydrogens (tertiary/aromatic N) is 2. The number of hydrogen-bond acceptors (Lipinski definition) is 4. The van der Waals surface area contributed by atoms with Crippen LogP contribution in [-0.2, 0) is 0 Å². The molecule has 3 aromatic heterocycles. The molecule has 3 heterocycles. The third-order valence-corrected chi connectivity index (χ3v) is 4.16. The summed E-state index contributed by atoms with van der Waals surface area (Å²) in [6.07, 6.45) is 3.31. The molecular weight excluding hydrogens is 260 g/mol. The molecule has 5 heteroatoms. The summed E-state index contributed by atoms with van der Waals surface area (Å²) in [6.45, 7) is 0. The summed E-state index contributed by atoms with van der Waals surface area (Å²) in [5.41, 5.74) is 2.79. The highest BCUT2D eigenvalue weighted by molar-refractivity contribution is 7.30. The zero-order valence-electron chi connectivity index (χ0n) is 9.82. The summed E-state index contributed by atoms with van der Waals surface area (Å²) in [4.78, 5) is 0. The largest absolute Gasteiger partial charge is 0.464 e. The minimum absolute atomic E-state index is 0.558. The fourth-order valence-corrected chi connectivity index (χ4v) is 3.17. The number of furan rings is 2. The molecule has 1 atom stereocenters. The fourth-order valence-electron chi connectivity index (χ4n) is 1.93. The predicted octanol–water partition coefficient (Wildman–Crippen LogP) is 4.22. The lowest BCUT2D eigenvalue weighted by Gasteiger charge is -1.93. The van der Waals surface area contributed by atoms with E-state index in [2.05, 4.69) is 8.75 Å². The van der Waals surface area contributed by atoms with E-state index in [-0.39, 0.29) is 0 Å². The Morgan fingerprint density at radius 2 is 1.68 bits per heavy atom. The van der Waals surface area contributed by atoms with Gasteiger partial charge in [-0.15, -0.1) is 0 Å². The van der Waals surface area contributed by atoms with Crippen molar-refractivity contribution in [3.63, 3.8) is 0 Å². The molecule has 0 radical (unpaired) electrons. The van der Waals surface area contributed by atoms with Gasteiger partial charge < -0.3 is 8.83 Å². The van der Waals surface area contributed by atoms with Gasteiger partial charge >= 0.3 is 5.09 Å². The van der Waals surface area contributed by atoms with Crippen LogP contribution in [-0.4, -0.2) is 8.75 Å². The summed E-state index contributed by atoms with van der Waals surface area (Å²) in [5.74, 6) is 0.836. The molecule has 1 aromatic carbocycles. The molecule has 0 bridgehead atoms. The molecule has 0 N–H and O–H groups in total. The Morgan fingerprint density at radius 1 is 0.842 bits per heavy atom. The van der Waals surface area contributed by atoms with E-state index >= 15 is 0 Å². The van der Waals surface area contributed by atoms with Crippen LogP contribution in [0.15, 0.2) is 63.8 Å². The summed E-state index contributed by atoms with van der Waals surface area (Å²) in [6, 6.07) is 13.5. The van der Waals surface area contributed by atoms with Crippen molar-refractivity contribution in [2.24, 2.45) is 0 Å². The van der Waals surface area contributed by atoms with E-state index in [1.165, 1.54) is 0 Å². The van der Waals surface area contributed by atoms with Crippen LogP contribution in [0.3, 0.4) is 0 Å². The molecular formula is C14H9N2O2S+. The summed E-state index contributed by atoms with van der Waals surface area (Å²) in [5, 5.41) is 0.788. The molecule has 92 valence electrons. The molecule has 4 nitrogen and oxygen atoms in total. The third-order valence-electron chi connectivity index (χ3n) is 2.83. The maximum absolute atomic E-state index is 5.39. The lowest BCUT2D eigenvalue weighted by Crippen LogP contribution is -1.74. The van der Waals surface area contributed by atoms with Crippen molar-refractivity contribution in [1.29, 1.82) is 0 Å². The Morgan fingerprint density at radius 3 is 2.47 bits per heavy atom. The second-order valence-electron chi connectivity index (χ2n) is 4.06. The van der Waals surface area contributed by atoms with E-state index in [0.717, 1.165) is 27.4 Å². The van der Waals surface area contributed by atoms with Crippen molar-refractivity contribution in [1.82, 2.24) is 8.75 Å². The van der Waals surface area contributed by atoms with E-state index < -0.39 is 10.9 Å². The van der Waals surface area contributed by atoms with Gasteiger partial charge in [0.25, 0.3) is 10.9 Å². The van der Waals surface area contributed by atoms with E-state index in [1.807, 2.05) is 42.5 Å². The number of rotatable bonds is 2. The molecule has 0 fully saturated rings. The topological polar surface area (TPSA) is 52.1 Å². The molecule has 0 saturated carbocycles. The summed E-state index contributed by atoms with van der Waals surface area (Å²) >= 11 is 0. The van der Waals surface area contributed by atoms with Crippen molar-refractivity contribution in [2.45, 2.75) is 0 Å². The molecule has 0 aliphatic rings. The van der Waals surface area contributed by atoms with Gasteiger partial charge in [-0.05, 0) is 45.1 Å². The van der Waals surface area contributed by atoms with Gasteiger partial charge in [0, 0.05) is 11.6 Å². The van der Waals surface area contributed by atoms with Crippen LogP contribution in [0, 0.1) is 0 Å². The highest BCUT2D eigenvalue weighted by Gasteiger charge is 2.20. The van der Waals surface area contributed by atoms with Gasteiger partial charge in [-0.1, -0.05) is 0 Å². The highest BCUT2D eigenvalue weighted by atomic mass is 32.2. The predicted molar refractivity (Wildman–Crippen MR) is 73.3 cm³/mol. The summed E-state index contributed by atoms with van der Waals surface area (Å²) < 4.78 is 19.9. The fraction of sp³-hybridized carbons (Fsp3) is 0. The van der Waals surface area contributed by atoms with E-state index in [0.29, 0.717) is 0 Å². The van der Waals surface area contributed by atoms with Crippen LogP contribution in [0.25, 0.3) is 27.4 Å². The highest BCUT2D eigenvalue weighted by Crippen LogP contribution is 2.31. The van der Waals surface area contributed by atoms with E-state index in [4.69, 9.17) is 8.83 Å². The molecule has 4 rings (SSSR count). The van der Waals surface area contributed by atoms with Gasteiger partial charge in [-0.2, -0.15) is 0 Å². The second kappa shape index (κ2) is 4.07. The normalized spacial score (nSPS) is 12.1. The molecule has 0 aliphatic heterocycles. The van der Waals surface area contributed by atoms with Crippen LogP contribution >= 0.6 is 10.9 Å². The van der Waals surface area contributed by atoms with Crippen LogP contribution in [0.5, 0.6) is 0 Å². The van der Waals surface area contributed by atoms with Crippen LogP contribution in [0.4, 0.5) is 0 Å². The van der Waals surface area contributed by atoms with Crippen molar-refractivity contribution >= 4 is 21.9 Å². The van der Waals surface area contributed by atoms with Gasteiger partial charge in [-0.25, -0.2) is 0 Å². The number of hydrogen-bond donors (Lipinski definition) is 0. The van der Waals surface area contributed by atoms with Crippen molar-refractivity contribution in [2.75, 3.05) is 0 Å². The van der Waals surface area contributed by atoms with Crippen molar-refractivity contribution in [3.8, 4) is 16.4 Å². The Labute approximate surface area is 111 Å². The quantitative estimate of drug-likeness (QED) is 0.511. The maximum Gasteiger partial charge on any atom is 0.389 e. The van der Waals surface area contributed by atoms with Crippen molar-refractivity contribution in [3.05, 3.63) is 55.0 Å². The smallest absolute Gasteiger partial charge is 0.389 e. The molecule has 19 heavy (non-hydrogen) atoms. The van der Waals surface area contributed by atoms with Gasteiger partial charge in [0.15, 0.2) is 11.0 Å². The van der Waals surface area contributed by atoms with Crippen LogP contribution < -0.4 is 0 Å². The molecule has 1 unspecified atom stereocenters. The monoisotopic (exact) mass is 269 g/mol. The van der Waals surface area contributed by atoms with Crippen LogP contribution in [0.1, 0.15) is 0 Å². The Bertz CT molecular complexity index is 784. The number of benzene rings is 1. The lowest BCUT2D eigenvalue weighted by atomic mass is 10.1. The first kappa shape index (κ1) is 10.5. The zero-order chi connectivity index (χ0) is 12.7. The molecule has 0 saturated heterocycles. The van der Waals surface area contributed by atoms with Gasteiger partial charge in [-0.3, -0.25) is 0 Å². The van der Waals surface area contributed by atoms with E-state index in [1.54, 1.807) is 12.5 Å². The number of fused-ring (bicyclic) bond motifs is 1. The molecule has 0 aliphatic carbocycles. The molecule has 0 spiro atoms. The first-order chi connectivity index (χ1) is 9.40. The zero-order valence-corrected chi connectivity index (χ0v) is 10.6. The Balaban J connectivity index is 1.86. The average molecular weight is 269 g/mol. The first-order valence-electron chi connectivity index (χ1n) is 5.79. The first-order valence-corrected chi connectivity index (χ1v) is 6.93. The Hall–Kier alpha value is -2.40. The van der Waals surface area contributed by atoms with Crippen molar-refractivity contribution < 1.29 is 8.83 Å².